The molecule has 0 aliphatic heterocycles. The maximum absolute atomic E-state index is 13.4. The second-order valence-electron chi connectivity index (χ2n) is 11.2. The molecule has 0 aliphatic carbocycles. The van der Waals surface area contributed by atoms with Gasteiger partial charge in [-0.05, 0) is 99.5 Å². The van der Waals surface area contributed by atoms with Crippen molar-refractivity contribution in [1.82, 2.24) is 9.13 Å². The largest absolute Gasteiger partial charge is 0.497 e. The lowest BCUT2D eigenvalue weighted by atomic mass is 10.00. The number of carbonyl (C=O) groups excluding carboxylic acids is 2. The van der Waals surface area contributed by atoms with E-state index in [0.717, 1.165) is 33.9 Å². The molecule has 4 heterocycles. The van der Waals surface area contributed by atoms with Gasteiger partial charge >= 0.3 is 11.9 Å². The van der Waals surface area contributed by atoms with Crippen LogP contribution >= 0.6 is 0 Å². The van der Waals surface area contributed by atoms with E-state index in [9.17, 15) is 9.59 Å². The highest BCUT2D eigenvalue weighted by molar-refractivity contribution is 6.03. The van der Waals surface area contributed by atoms with E-state index < -0.39 is 11.9 Å². The molecule has 0 unspecified atom stereocenters. The van der Waals surface area contributed by atoms with Crippen LogP contribution in [0.1, 0.15) is 43.2 Å². The molecule has 0 fully saturated rings. The van der Waals surface area contributed by atoms with E-state index in [2.05, 4.69) is 0 Å². The van der Waals surface area contributed by atoms with Crippen LogP contribution in [0, 0.1) is 27.7 Å². The van der Waals surface area contributed by atoms with Gasteiger partial charge in [0.2, 0.25) is 0 Å². The van der Waals surface area contributed by atoms with Crippen molar-refractivity contribution in [3.05, 3.63) is 107 Å². The lowest BCUT2D eigenvalue weighted by Crippen LogP contribution is -2.07. The number of nitrogens with zero attached hydrogens (tertiary/aromatic N) is 2. The fraction of sp³-hybridized carbons (Fsp3) is 0.211. The Morgan fingerprint density at radius 3 is 1.21 bits per heavy atom. The van der Waals surface area contributed by atoms with Crippen LogP contribution in [0.5, 0.6) is 11.5 Å². The van der Waals surface area contributed by atoms with Crippen LogP contribution in [0.25, 0.3) is 45.4 Å². The molecule has 10 nitrogen and oxygen atoms in total. The molecule has 0 bridgehead atoms. The third-order valence-corrected chi connectivity index (χ3v) is 8.91. The number of hydrogen-bond donors (Lipinski definition) is 0. The summed E-state index contributed by atoms with van der Waals surface area (Å²) in [6, 6.07) is 18.7. The van der Waals surface area contributed by atoms with Crippen LogP contribution in [0.15, 0.2) is 82.0 Å². The van der Waals surface area contributed by atoms with Crippen LogP contribution in [0.2, 0.25) is 0 Å². The first-order valence-corrected chi connectivity index (χ1v) is 15.2. The molecule has 0 amide bonds. The molecule has 0 aliphatic rings. The van der Waals surface area contributed by atoms with E-state index in [1.165, 1.54) is 14.2 Å². The van der Waals surface area contributed by atoms with Gasteiger partial charge in [0.05, 0.1) is 63.5 Å². The van der Waals surface area contributed by atoms with Gasteiger partial charge in [0.25, 0.3) is 0 Å². The van der Waals surface area contributed by atoms with Gasteiger partial charge in [-0.25, -0.2) is 9.59 Å². The zero-order valence-corrected chi connectivity index (χ0v) is 28.1. The van der Waals surface area contributed by atoms with Crippen LogP contribution in [-0.4, -0.2) is 49.5 Å². The summed E-state index contributed by atoms with van der Waals surface area (Å²) in [5.74, 6) is 1.15. The molecule has 246 valence electrons. The smallest absolute Gasteiger partial charge is 0.340 e. The minimum Gasteiger partial charge on any atom is -0.497 e. The molecule has 10 heteroatoms. The van der Waals surface area contributed by atoms with Gasteiger partial charge < -0.3 is 36.9 Å². The quantitative estimate of drug-likeness (QED) is 0.144. The average molecular weight is 649 g/mol. The molecule has 0 atom stereocenters. The Morgan fingerprint density at radius 1 is 0.542 bits per heavy atom. The predicted molar refractivity (Wildman–Crippen MR) is 181 cm³/mol. The molecule has 48 heavy (non-hydrogen) atoms. The Labute approximate surface area is 278 Å². The summed E-state index contributed by atoms with van der Waals surface area (Å²) >= 11 is 0. The van der Waals surface area contributed by atoms with E-state index >= 15 is 0 Å². The van der Waals surface area contributed by atoms with Crippen molar-refractivity contribution in [3.63, 3.8) is 0 Å². The number of rotatable bonds is 9. The van der Waals surface area contributed by atoms with Crippen LogP contribution in [-0.2, 0) is 9.47 Å². The Bertz CT molecular complexity index is 1990. The Kier molecular flexibility index (Phi) is 8.49. The predicted octanol–water partition coefficient (Wildman–Crippen LogP) is 8.28. The SMILES string of the molecule is COC(=O)c1c(C)c(C)n(-c2ccc(OC)cc2)c1-c1ccoc1-c1occc1-c1c(C(=O)OC)c(C)c(C)n1-c1ccc(OC)cc1. The van der Waals surface area contributed by atoms with Crippen molar-refractivity contribution in [2.45, 2.75) is 27.7 Å². The molecule has 0 radical (unpaired) electrons. The summed E-state index contributed by atoms with van der Waals surface area (Å²) in [6.45, 7) is 7.67. The van der Waals surface area contributed by atoms with Crippen LogP contribution in [0.3, 0.4) is 0 Å². The van der Waals surface area contributed by atoms with Gasteiger partial charge in [-0.3, -0.25) is 0 Å². The molecule has 2 aromatic carbocycles. The molecule has 4 aromatic heterocycles. The van der Waals surface area contributed by atoms with E-state index in [-0.39, 0.29) is 0 Å². The molecule has 0 spiro atoms. The van der Waals surface area contributed by atoms with Gasteiger partial charge in [0.15, 0.2) is 11.5 Å². The zero-order chi connectivity index (χ0) is 34.3. The van der Waals surface area contributed by atoms with Gasteiger partial charge in [0.1, 0.15) is 11.5 Å². The highest BCUT2D eigenvalue weighted by Crippen LogP contribution is 2.46. The zero-order valence-electron chi connectivity index (χ0n) is 28.1. The third kappa shape index (κ3) is 5.06. The van der Waals surface area contributed by atoms with Crippen molar-refractivity contribution in [3.8, 4) is 56.9 Å². The number of esters is 2. The fourth-order valence-electron chi connectivity index (χ4n) is 6.28. The van der Waals surface area contributed by atoms with Crippen molar-refractivity contribution in [2.75, 3.05) is 28.4 Å². The summed E-state index contributed by atoms with van der Waals surface area (Å²) in [7, 11) is 5.94. The van der Waals surface area contributed by atoms with Gasteiger partial charge in [-0.15, -0.1) is 0 Å². The molecule has 6 aromatic rings. The number of ether oxygens (including phenoxy) is 4. The second kappa shape index (κ2) is 12.7. The highest BCUT2D eigenvalue weighted by atomic mass is 16.5. The number of methoxy groups -OCH3 is 4. The van der Waals surface area contributed by atoms with Crippen LogP contribution < -0.4 is 9.47 Å². The van der Waals surface area contributed by atoms with Gasteiger partial charge in [0, 0.05) is 33.9 Å². The standard InChI is InChI=1S/C38H36N2O8/c1-21-23(3)39(25-9-13-27(43-5)14-10-25)33(31(21)37(41)45-7)29-17-19-47-35(29)36-30(18-20-48-36)34-32(38(42)46-8)22(2)24(4)40(34)26-11-15-28(44-6)16-12-26/h9-20H,1-8H3. The van der Waals surface area contributed by atoms with E-state index in [1.807, 2.05) is 85.4 Å². The monoisotopic (exact) mass is 648 g/mol. The maximum Gasteiger partial charge on any atom is 0.340 e. The Morgan fingerprint density at radius 2 is 0.896 bits per heavy atom. The number of benzene rings is 2. The van der Waals surface area contributed by atoms with E-state index in [1.54, 1.807) is 38.9 Å². The first kappa shape index (κ1) is 32.1. The first-order chi connectivity index (χ1) is 23.2. The number of carbonyl (C=O) groups is 2. The summed E-state index contributed by atoms with van der Waals surface area (Å²) in [5, 5.41) is 0. The minimum absolute atomic E-state index is 0.362. The van der Waals surface area contributed by atoms with E-state index in [0.29, 0.717) is 56.7 Å². The lowest BCUT2D eigenvalue weighted by molar-refractivity contribution is 0.0592. The highest BCUT2D eigenvalue weighted by Gasteiger charge is 2.33. The molecular formula is C38H36N2O8. The molecule has 0 saturated heterocycles. The maximum atomic E-state index is 13.4. The topological polar surface area (TPSA) is 107 Å². The number of aromatic nitrogens is 2. The molecular weight excluding hydrogens is 612 g/mol. The summed E-state index contributed by atoms with van der Waals surface area (Å²) in [4.78, 5) is 26.8. The van der Waals surface area contributed by atoms with Crippen LogP contribution in [0.4, 0.5) is 0 Å². The Balaban J connectivity index is 1.63. The van der Waals surface area contributed by atoms with Crippen molar-refractivity contribution >= 4 is 11.9 Å². The Hall–Kier alpha value is -5.90. The number of furan rings is 2. The normalized spacial score (nSPS) is 11.1. The first-order valence-electron chi connectivity index (χ1n) is 15.2. The lowest BCUT2D eigenvalue weighted by Gasteiger charge is -2.15. The van der Waals surface area contributed by atoms with Crippen molar-refractivity contribution in [1.29, 1.82) is 0 Å². The average Bonchev–Trinajstić information content (AvgIpc) is 3.89. The molecule has 0 saturated carbocycles. The van der Waals surface area contributed by atoms with Gasteiger partial charge in [-0.2, -0.15) is 0 Å². The summed E-state index contributed by atoms with van der Waals surface area (Å²) in [6.07, 6.45) is 3.10. The van der Waals surface area contributed by atoms with Crippen molar-refractivity contribution in [2.24, 2.45) is 0 Å². The number of hydrogen-bond acceptors (Lipinski definition) is 8. The second-order valence-corrected chi connectivity index (χ2v) is 11.2. The van der Waals surface area contributed by atoms with Gasteiger partial charge in [-0.1, -0.05) is 0 Å². The van der Waals surface area contributed by atoms with E-state index in [4.69, 9.17) is 27.8 Å². The molecule has 6 rings (SSSR count). The summed E-state index contributed by atoms with van der Waals surface area (Å²) < 4.78 is 37.7. The molecule has 0 N–H and O–H groups in total. The fourth-order valence-corrected chi connectivity index (χ4v) is 6.28. The van der Waals surface area contributed by atoms with Crippen molar-refractivity contribution < 1.29 is 37.4 Å². The summed E-state index contributed by atoms with van der Waals surface area (Å²) in [5.41, 5.74) is 7.92. The third-order valence-electron chi connectivity index (χ3n) is 8.91. The minimum atomic E-state index is -0.489.